The van der Waals surface area contributed by atoms with Crippen molar-refractivity contribution >= 4 is 17.5 Å². The minimum Gasteiger partial charge on any atom is -0.484 e. The minimum atomic E-state index is -0.231. The second kappa shape index (κ2) is 2.44. The number of ether oxygens (including phenoxy) is 1. The fraction of sp³-hybridized carbons (Fsp3) is 0.667. The van der Waals surface area contributed by atoms with E-state index in [9.17, 15) is 0 Å². The summed E-state index contributed by atoms with van der Waals surface area (Å²) < 4.78 is 5.66. The zero-order valence-electron chi connectivity index (χ0n) is 7.40. The molecule has 1 unspecified atom stereocenters. The lowest BCUT2D eigenvalue weighted by Gasteiger charge is -2.21. The molecule has 0 aliphatic carbocycles. The molecule has 0 saturated carbocycles. The standard InChI is InChI=1S/C9H11NO2S/c1-2-6-8-9(5-13-6)7(12-10-8)3-4-11-9/h3-4,6-7H,2,5H2,1H3/t6?,7-,9+/m1/s1. The van der Waals surface area contributed by atoms with Crippen molar-refractivity contribution in [1.29, 1.82) is 0 Å². The van der Waals surface area contributed by atoms with E-state index in [0.717, 1.165) is 17.9 Å². The maximum absolute atomic E-state index is 5.66. The van der Waals surface area contributed by atoms with E-state index < -0.39 is 0 Å². The van der Waals surface area contributed by atoms with Crippen molar-refractivity contribution in [3.05, 3.63) is 12.3 Å². The van der Waals surface area contributed by atoms with Crippen LogP contribution in [0.5, 0.6) is 0 Å². The average molecular weight is 197 g/mol. The lowest BCUT2D eigenvalue weighted by molar-refractivity contribution is 0.0177. The summed E-state index contributed by atoms with van der Waals surface area (Å²) in [5.41, 5.74) is 0.876. The van der Waals surface area contributed by atoms with Gasteiger partial charge in [-0.1, -0.05) is 12.1 Å². The van der Waals surface area contributed by atoms with Crippen molar-refractivity contribution in [1.82, 2.24) is 0 Å². The fourth-order valence-electron chi connectivity index (χ4n) is 2.11. The molecule has 1 fully saturated rings. The Hall–Kier alpha value is -0.640. The highest BCUT2D eigenvalue weighted by Crippen LogP contribution is 2.46. The second-order valence-electron chi connectivity index (χ2n) is 3.55. The quantitative estimate of drug-likeness (QED) is 0.639. The molecule has 3 atom stereocenters. The molecular formula is C9H11NO2S. The van der Waals surface area contributed by atoms with Gasteiger partial charge in [0.25, 0.3) is 0 Å². The number of thioether (sulfide) groups is 1. The largest absolute Gasteiger partial charge is 0.484 e. The molecule has 1 spiro atoms. The van der Waals surface area contributed by atoms with Gasteiger partial charge in [-0.15, -0.1) is 11.8 Å². The van der Waals surface area contributed by atoms with E-state index in [1.165, 1.54) is 0 Å². The molecule has 0 aromatic rings. The molecule has 0 aromatic carbocycles. The van der Waals surface area contributed by atoms with E-state index in [1.54, 1.807) is 6.26 Å². The Balaban J connectivity index is 1.98. The molecule has 0 N–H and O–H groups in total. The molecule has 3 aliphatic heterocycles. The molecule has 3 nitrogen and oxygen atoms in total. The summed E-state index contributed by atoms with van der Waals surface area (Å²) in [7, 11) is 0. The first-order chi connectivity index (χ1) is 6.37. The summed E-state index contributed by atoms with van der Waals surface area (Å²) in [6.07, 6.45) is 4.84. The van der Waals surface area contributed by atoms with E-state index >= 15 is 0 Å². The van der Waals surface area contributed by atoms with Crippen LogP contribution < -0.4 is 0 Å². The van der Waals surface area contributed by atoms with Crippen LogP contribution in [0.1, 0.15) is 13.3 Å². The summed E-state index contributed by atoms with van der Waals surface area (Å²) in [4.78, 5) is 5.33. The maximum Gasteiger partial charge on any atom is 0.202 e. The highest BCUT2D eigenvalue weighted by molar-refractivity contribution is 8.01. The van der Waals surface area contributed by atoms with Crippen LogP contribution in [-0.4, -0.2) is 28.4 Å². The normalized spacial score (nSPS) is 45.2. The Morgan fingerprint density at radius 2 is 2.69 bits per heavy atom. The maximum atomic E-state index is 5.66. The highest BCUT2D eigenvalue weighted by Gasteiger charge is 2.59. The number of rotatable bonds is 1. The van der Waals surface area contributed by atoms with Crippen LogP contribution in [0.3, 0.4) is 0 Å². The van der Waals surface area contributed by atoms with Gasteiger partial charge >= 0.3 is 0 Å². The molecule has 3 rings (SSSR count). The smallest absolute Gasteiger partial charge is 0.202 e. The third-order valence-electron chi connectivity index (χ3n) is 2.86. The van der Waals surface area contributed by atoms with E-state index in [4.69, 9.17) is 9.57 Å². The number of hydrogen-bond acceptors (Lipinski definition) is 4. The molecule has 0 amide bonds. The topological polar surface area (TPSA) is 30.8 Å². The van der Waals surface area contributed by atoms with Crippen LogP contribution in [0.4, 0.5) is 0 Å². The van der Waals surface area contributed by atoms with Gasteiger partial charge in [-0.2, -0.15) is 0 Å². The highest BCUT2D eigenvalue weighted by atomic mass is 32.2. The first kappa shape index (κ1) is 7.74. The summed E-state index contributed by atoms with van der Waals surface area (Å²) in [6.45, 7) is 2.18. The number of nitrogens with zero attached hydrogens (tertiary/aromatic N) is 1. The number of hydrogen-bond donors (Lipinski definition) is 0. The molecule has 3 heterocycles. The van der Waals surface area contributed by atoms with E-state index in [-0.39, 0.29) is 11.7 Å². The zero-order chi connectivity index (χ0) is 8.89. The molecule has 0 aromatic heterocycles. The van der Waals surface area contributed by atoms with E-state index in [1.807, 2.05) is 17.8 Å². The SMILES string of the molecule is CCC1SC[C@]23OC=C[C@H]2ON=C13. The van der Waals surface area contributed by atoms with Gasteiger partial charge in [0, 0.05) is 5.75 Å². The van der Waals surface area contributed by atoms with Crippen LogP contribution >= 0.6 is 11.8 Å². The monoisotopic (exact) mass is 197 g/mol. The Bertz CT molecular complexity index is 302. The summed E-state index contributed by atoms with van der Waals surface area (Å²) in [6, 6.07) is 0. The molecule has 13 heavy (non-hydrogen) atoms. The number of oxime groups is 1. The van der Waals surface area contributed by atoms with Gasteiger partial charge in [0.05, 0.1) is 11.5 Å². The van der Waals surface area contributed by atoms with Crippen molar-refractivity contribution < 1.29 is 9.57 Å². The van der Waals surface area contributed by atoms with Crippen molar-refractivity contribution in [2.45, 2.75) is 30.3 Å². The Morgan fingerprint density at radius 3 is 3.54 bits per heavy atom. The van der Waals surface area contributed by atoms with Crippen LogP contribution in [0.15, 0.2) is 17.5 Å². The second-order valence-corrected chi connectivity index (χ2v) is 4.74. The molecular weight excluding hydrogens is 186 g/mol. The molecule has 0 bridgehead atoms. The Kier molecular flexibility index (Phi) is 1.45. The molecule has 3 aliphatic rings. The van der Waals surface area contributed by atoms with Gasteiger partial charge in [-0.05, 0) is 12.5 Å². The Labute approximate surface area is 81.2 Å². The predicted octanol–water partition coefficient (Wildman–Crippen LogP) is 1.55. The molecule has 4 heteroatoms. The zero-order valence-corrected chi connectivity index (χ0v) is 8.21. The van der Waals surface area contributed by atoms with Crippen molar-refractivity contribution in [3.63, 3.8) is 0 Å². The first-order valence-electron chi connectivity index (χ1n) is 4.57. The van der Waals surface area contributed by atoms with Crippen LogP contribution in [0, 0.1) is 0 Å². The van der Waals surface area contributed by atoms with Crippen molar-refractivity contribution in [2.24, 2.45) is 5.16 Å². The van der Waals surface area contributed by atoms with Crippen molar-refractivity contribution in [3.8, 4) is 0 Å². The van der Waals surface area contributed by atoms with E-state index in [0.29, 0.717) is 5.25 Å². The lowest BCUT2D eigenvalue weighted by atomic mass is 9.92. The summed E-state index contributed by atoms with van der Waals surface area (Å²) >= 11 is 1.93. The van der Waals surface area contributed by atoms with Crippen LogP contribution in [0.25, 0.3) is 0 Å². The third kappa shape index (κ3) is 0.796. The van der Waals surface area contributed by atoms with Gasteiger partial charge < -0.3 is 9.57 Å². The first-order valence-corrected chi connectivity index (χ1v) is 5.62. The molecule has 0 radical (unpaired) electrons. The lowest BCUT2D eigenvalue weighted by Crippen LogP contribution is -2.44. The van der Waals surface area contributed by atoms with Crippen LogP contribution in [0.2, 0.25) is 0 Å². The van der Waals surface area contributed by atoms with Crippen LogP contribution in [-0.2, 0) is 9.57 Å². The molecule has 70 valence electrons. The predicted molar refractivity (Wildman–Crippen MR) is 51.8 cm³/mol. The summed E-state index contributed by atoms with van der Waals surface area (Å²) in [5.74, 6) is 0.974. The average Bonchev–Trinajstić information content (AvgIpc) is 2.72. The Morgan fingerprint density at radius 1 is 1.77 bits per heavy atom. The van der Waals surface area contributed by atoms with Gasteiger partial charge in [-0.25, -0.2) is 0 Å². The van der Waals surface area contributed by atoms with Crippen molar-refractivity contribution in [2.75, 3.05) is 5.75 Å². The molecule has 1 saturated heterocycles. The fourth-order valence-corrected chi connectivity index (χ4v) is 3.57. The van der Waals surface area contributed by atoms with Gasteiger partial charge in [-0.3, -0.25) is 0 Å². The minimum absolute atomic E-state index is 0.0338. The van der Waals surface area contributed by atoms with Gasteiger partial charge in [0.15, 0.2) is 6.10 Å². The van der Waals surface area contributed by atoms with E-state index in [2.05, 4.69) is 12.1 Å². The van der Waals surface area contributed by atoms with Gasteiger partial charge in [0.2, 0.25) is 5.60 Å². The summed E-state index contributed by atoms with van der Waals surface area (Å²) in [5, 5.41) is 4.64. The third-order valence-corrected chi connectivity index (χ3v) is 4.42. The van der Waals surface area contributed by atoms with Gasteiger partial charge in [0.1, 0.15) is 5.71 Å².